The number of allylic oxidation sites excluding steroid dienone is 1. The Balaban J connectivity index is 2.49. The molecule has 0 aliphatic heterocycles. The summed E-state index contributed by atoms with van der Waals surface area (Å²) < 4.78 is 29.5. The molecule has 0 atom stereocenters. The van der Waals surface area contributed by atoms with Gasteiger partial charge in [-0.3, -0.25) is 0 Å². The standard InChI is InChI=1S/C13H8ClNO3S/c14-10-3-5-12(6-4-10)19(16,17)13(9-15)8-11-2-1-7-18-11/h1-8H/b13-8-. The number of benzene rings is 1. The van der Waals surface area contributed by atoms with Crippen molar-refractivity contribution in [3.8, 4) is 6.07 Å². The molecule has 0 saturated carbocycles. The molecule has 1 heterocycles. The van der Waals surface area contributed by atoms with Gasteiger partial charge in [0.1, 0.15) is 11.8 Å². The van der Waals surface area contributed by atoms with Crippen LogP contribution in [0.3, 0.4) is 0 Å². The van der Waals surface area contributed by atoms with Crippen LogP contribution in [0.1, 0.15) is 5.76 Å². The topological polar surface area (TPSA) is 71.1 Å². The molecule has 0 fully saturated rings. The lowest BCUT2D eigenvalue weighted by Gasteiger charge is -2.02. The van der Waals surface area contributed by atoms with Crippen LogP contribution in [0.4, 0.5) is 0 Å². The zero-order valence-corrected chi connectivity index (χ0v) is 11.1. The van der Waals surface area contributed by atoms with Gasteiger partial charge in [0.2, 0.25) is 9.84 Å². The molecule has 0 spiro atoms. The number of nitriles is 1. The first-order valence-corrected chi connectivity index (χ1v) is 7.06. The highest BCUT2D eigenvalue weighted by Gasteiger charge is 2.21. The Kier molecular flexibility index (Phi) is 3.74. The summed E-state index contributed by atoms with van der Waals surface area (Å²) in [5.74, 6) is 0.300. The first kappa shape index (κ1) is 13.4. The minimum atomic E-state index is -3.86. The molecule has 6 heteroatoms. The SMILES string of the molecule is N#C/C(=C/c1ccco1)S(=O)(=O)c1ccc(Cl)cc1. The van der Waals surface area contributed by atoms with Gasteiger partial charge in [0.15, 0.2) is 4.91 Å². The molecule has 0 aliphatic rings. The predicted octanol–water partition coefficient (Wildman–Crippen LogP) is 3.27. The van der Waals surface area contributed by atoms with Crippen molar-refractivity contribution in [1.29, 1.82) is 5.26 Å². The molecule has 0 unspecified atom stereocenters. The van der Waals surface area contributed by atoms with E-state index in [9.17, 15) is 8.42 Å². The van der Waals surface area contributed by atoms with Gasteiger partial charge in [-0.2, -0.15) is 5.26 Å². The molecule has 2 rings (SSSR count). The van der Waals surface area contributed by atoms with Crippen molar-refractivity contribution in [1.82, 2.24) is 0 Å². The lowest BCUT2D eigenvalue weighted by Crippen LogP contribution is -2.03. The van der Waals surface area contributed by atoms with Crippen LogP contribution in [-0.4, -0.2) is 8.42 Å². The molecule has 96 valence electrons. The van der Waals surface area contributed by atoms with Gasteiger partial charge >= 0.3 is 0 Å². The molecule has 0 saturated heterocycles. The fraction of sp³-hybridized carbons (Fsp3) is 0. The Morgan fingerprint density at radius 3 is 2.47 bits per heavy atom. The van der Waals surface area contributed by atoms with Crippen LogP contribution in [0.25, 0.3) is 6.08 Å². The number of halogens is 1. The van der Waals surface area contributed by atoms with E-state index < -0.39 is 9.84 Å². The van der Waals surface area contributed by atoms with Gasteiger partial charge in [-0.25, -0.2) is 8.42 Å². The van der Waals surface area contributed by atoms with Crippen LogP contribution in [0.15, 0.2) is 56.9 Å². The summed E-state index contributed by atoms with van der Waals surface area (Å²) in [4.78, 5) is -0.374. The number of hydrogen-bond donors (Lipinski definition) is 0. The molecule has 0 amide bonds. The maximum atomic E-state index is 12.2. The highest BCUT2D eigenvalue weighted by atomic mass is 35.5. The second-order valence-electron chi connectivity index (χ2n) is 3.59. The number of nitrogens with zero attached hydrogens (tertiary/aromatic N) is 1. The molecular formula is C13H8ClNO3S. The van der Waals surface area contributed by atoms with Crippen LogP contribution < -0.4 is 0 Å². The quantitative estimate of drug-likeness (QED) is 0.814. The normalized spacial score (nSPS) is 12.1. The average molecular weight is 294 g/mol. The fourth-order valence-corrected chi connectivity index (χ4v) is 2.68. The van der Waals surface area contributed by atoms with E-state index in [0.717, 1.165) is 0 Å². The third-order valence-electron chi connectivity index (χ3n) is 2.34. The lowest BCUT2D eigenvalue weighted by molar-refractivity contribution is 0.556. The number of rotatable bonds is 3. The van der Waals surface area contributed by atoms with Crippen molar-refractivity contribution in [2.24, 2.45) is 0 Å². The van der Waals surface area contributed by atoms with E-state index in [1.165, 1.54) is 36.6 Å². The second kappa shape index (κ2) is 5.31. The van der Waals surface area contributed by atoms with Gasteiger partial charge in [-0.1, -0.05) is 11.6 Å². The molecule has 0 radical (unpaired) electrons. The van der Waals surface area contributed by atoms with Crippen molar-refractivity contribution in [3.05, 3.63) is 58.3 Å². The third kappa shape index (κ3) is 2.87. The molecule has 19 heavy (non-hydrogen) atoms. The Morgan fingerprint density at radius 2 is 1.95 bits per heavy atom. The van der Waals surface area contributed by atoms with Gasteiger partial charge in [0, 0.05) is 11.1 Å². The highest BCUT2D eigenvalue weighted by molar-refractivity contribution is 7.95. The highest BCUT2D eigenvalue weighted by Crippen LogP contribution is 2.22. The molecule has 1 aromatic heterocycles. The Bertz CT molecular complexity index is 738. The van der Waals surface area contributed by atoms with Crippen molar-refractivity contribution in [2.45, 2.75) is 4.90 Å². The predicted molar refractivity (Wildman–Crippen MR) is 70.9 cm³/mol. The van der Waals surface area contributed by atoms with E-state index in [2.05, 4.69) is 0 Å². The molecular weight excluding hydrogens is 286 g/mol. The monoisotopic (exact) mass is 293 g/mol. The van der Waals surface area contributed by atoms with Gasteiger partial charge in [0.25, 0.3) is 0 Å². The zero-order chi connectivity index (χ0) is 13.9. The fourth-order valence-electron chi connectivity index (χ4n) is 1.41. The maximum Gasteiger partial charge on any atom is 0.216 e. The number of furan rings is 1. The molecule has 4 nitrogen and oxygen atoms in total. The lowest BCUT2D eigenvalue weighted by atomic mass is 10.4. The van der Waals surface area contributed by atoms with Gasteiger partial charge < -0.3 is 4.42 Å². The van der Waals surface area contributed by atoms with Crippen LogP contribution in [0, 0.1) is 11.3 Å². The smallest absolute Gasteiger partial charge is 0.216 e. The summed E-state index contributed by atoms with van der Waals surface area (Å²) in [6.45, 7) is 0. The third-order valence-corrected chi connectivity index (χ3v) is 4.27. The summed E-state index contributed by atoms with van der Waals surface area (Å²) >= 11 is 5.70. The summed E-state index contributed by atoms with van der Waals surface area (Å²) in [7, 11) is -3.86. The molecule has 1 aromatic carbocycles. The first-order chi connectivity index (χ1) is 9.04. The van der Waals surface area contributed by atoms with E-state index in [-0.39, 0.29) is 9.80 Å². The van der Waals surface area contributed by atoms with E-state index in [4.69, 9.17) is 21.3 Å². The maximum absolute atomic E-state index is 12.2. The molecule has 2 aromatic rings. The first-order valence-electron chi connectivity index (χ1n) is 5.20. The Hall–Kier alpha value is -2.03. The van der Waals surface area contributed by atoms with Crippen LogP contribution in [0.5, 0.6) is 0 Å². The summed E-state index contributed by atoms with van der Waals surface area (Å²) in [5, 5.41) is 9.43. The van der Waals surface area contributed by atoms with Gasteiger partial charge in [-0.05, 0) is 36.4 Å². The van der Waals surface area contributed by atoms with Crippen molar-refractivity contribution in [3.63, 3.8) is 0 Å². The summed E-state index contributed by atoms with van der Waals surface area (Å²) in [6, 6.07) is 10.5. The van der Waals surface area contributed by atoms with E-state index >= 15 is 0 Å². The van der Waals surface area contributed by atoms with Crippen molar-refractivity contribution >= 4 is 27.5 Å². The largest absolute Gasteiger partial charge is 0.465 e. The number of sulfone groups is 1. The average Bonchev–Trinajstić information content (AvgIpc) is 2.89. The second-order valence-corrected chi connectivity index (χ2v) is 5.95. The number of hydrogen-bond acceptors (Lipinski definition) is 4. The van der Waals surface area contributed by atoms with Crippen molar-refractivity contribution in [2.75, 3.05) is 0 Å². The molecule has 0 aliphatic carbocycles. The van der Waals surface area contributed by atoms with Crippen LogP contribution >= 0.6 is 11.6 Å². The summed E-state index contributed by atoms with van der Waals surface area (Å²) in [6.07, 6.45) is 2.58. The van der Waals surface area contributed by atoms with E-state index in [1.807, 2.05) is 0 Å². The van der Waals surface area contributed by atoms with E-state index in [0.29, 0.717) is 10.8 Å². The van der Waals surface area contributed by atoms with Crippen LogP contribution in [-0.2, 0) is 9.84 Å². The van der Waals surface area contributed by atoms with Crippen molar-refractivity contribution < 1.29 is 12.8 Å². The summed E-state index contributed by atoms with van der Waals surface area (Å²) in [5.41, 5.74) is 0. The van der Waals surface area contributed by atoms with Gasteiger partial charge in [-0.15, -0.1) is 0 Å². The Labute approximate surface area is 115 Å². The minimum Gasteiger partial charge on any atom is -0.465 e. The van der Waals surface area contributed by atoms with Crippen LogP contribution in [0.2, 0.25) is 5.02 Å². The zero-order valence-electron chi connectivity index (χ0n) is 9.58. The molecule has 0 bridgehead atoms. The minimum absolute atomic E-state index is 0.0104. The molecule has 0 N–H and O–H groups in total. The van der Waals surface area contributed by atoms with Gasteiger partial charge in [0.05, 0.1) is 11.2 Å². The Morgan fingerprint density at radius 1 is 1.26 bits per heavy atom. The van der Waals surface area contributed by atoms with E-state index in [1.54, 1.807) is 18.2 Å².